The highest BCUT2D eigenvalue weighted by Crippen LogP contribution is 2.24. The average Bonchev–Trinajstić information content (AvgIpc) is 3.29. The molecule has 0 saturated carbocycles. The summed E-state index contributed by atoms with van der Waals surface area (Å²) in [4.78, 5) is 117. The number of carboxylic acid groups (broad SMARTS) is 7. The summed E-state index contributed by atoms with van der Waals surface area (Å²) in [6, 6.07) is 5.41. The molecule has 74 heavy (non-hydrogen) atoms. The molecule has 0 heterocycles. The van der Waals surface area contributed by atoms with Crippen molar-refractivity contribution < 1.29 is 107 Å². The Kier molecular flexibility index (Phi) is 29.4. The number of nitrogens with zero attached hydrogens (tertiary/aromatic N) is 2. The number of alkyl halides is 3. The fourth-order valence-corrected chi connectivity index (χ4v) is 6.76. The van der Waals surface area contributed by atoms with Crippen LogP contribution in [0.5, 0.6) is 11.5 Å². The molecule has 0 fully saturated rings. The summed E-state index contributed by atoms with van der Waals surface area (Å²) in [6.45, 7) is -0.139. The van der Waals surface area contributed by atoms with E-state index in [1.54, 1.807) is 24.3 Å². The number of carboxylic acids is 7. The monoisotopic (exact) mass is 1060 g/mol. The lowest BCUT2D eigenvalue weighted by molar-refractivity contribution is -0.192. The van der Waals surface area contributed by atoms with E-state index in [1.807, 2.05) is 0 Å². The van der Waals surface area contributed by atoms with Crippen LogP contribution < -0.4 is 21.3 Å². The Hall–Kier alpha value is -7.75. The Morgan fingerprint density at radius 2 is 0.932 bits per heavy atom. The number of amides is 4. The minimum Gasteiger partial charge on any atom is -0.508 e. The second kappa shape index (κ2) is 33.8. The lowest BCUT2D eigenvalue weighted by Gasteiger charge is -2.26. The maximum absolute atomic E-state index is 12.6. The van der Waals surface area contributed by atoms with Crippen LogP contribution in [0.2, 0.25) is 0 Å². The fraction of sp³-hybridized carbons (Fsp3) is 0.522. The van der Waals surface area contributed by atoms with E-state index >= 15 is 0 Å². The summed E-state index contributed by atoms with van der Waals surface area (Å²) in [5, 5.41) is 93.5. The first kappa shape index (κ1) is 64.3. The number of aliphatic carboxylic acids is 7. The van der Waals surface area contributed by atoms with Crippen LogP contribution in [-0.4, -0.2) is 173 Å². The summed E-state index contributed by atoms with van der Waals surface area (Å²) >= 11 is 0. The van der Waals surface area contributed by atoms with Crippen molar-refractivity contribution in [3.8, 4) is 11.5 Å². The first-order chi connectivity index (χ1) is 34.7. The Bertz CT molecular complexity index is 2230. The van der Waals surface area contributed by atoms with Crippen molar-refractivity contribution >= 4 is 59.6 Å². The predicted molar refractivity (Wildman–Crippen MR) is 250 cm³/mol. The van der Waals surface area contributed by atoms with Crippen molar-refractivity contribution in [1.29, 1.82) is 0 Å². The van der Waals surface area contributed by atoms with E-state index in [0.29, 0.717) is 67.3 Å². The zero-order valence-electron chi connectivity index (χ0n) is 40.1. The minimum atomic E-state index is -5.08. The second-order valence-corrected chi connectivity index (χ2v) is 16.7. The molecule has 0 saturated heterocycles. The molecule has 0 aliphatic rings. The molecule has 2 aromatic carbocycles. The highest BCUT2D eigenvalue weighted by molar-refractivity contribution is 5.86. The van der Waals surface area contributed by atoms with Crippen LogP contribution in [-0.2, 0) is 69.1 Å². The number of benzene rings is 2. The molecule has 28 heteroatoms. The van der Waals surface area contributed by atoms with Crippen LogP contribution in [0.1, 0.15) is 92.9 Å². The number of halogens is 3. The van der Waals surface area contributed by atoms with Crippen molar-refractivity contribution in [2.45, 2.75) is 115 Å². The average molecular weight is 1060 g/mol. The minimum absolute atomic E-state index is 0.00728. The molecule has 0 bridgehead atoms. The molecule has 2 atom stereocenters. The van der Waals surface area contributed by atoms with Crippen LogP contribution >= 0.6 is 0 Å². The SMILES string of the molecule is O=C(O)C(F)(F)F.O=C(O)CCc1ccc(O)c(CN(CCN(CC(=O)O)Cc2cc(CCC(=O)NCCCCCC(=O)NCCCC[C@@H](NC(=O)N[C@@H](CCC(=O)O)C(=O)O)C(=O)O)ccc2O)CC(=O)O)c1. The van der Waals surface area contributed by atoms with Gasteiger partial charge in [0.05, 0.1) is 13.1 Å². The van der Waals surface area contributed by atoms with Gasteiger partial charge in [-0.05, 0) is 74.6 Å². The number of hydrogen-bond acceptors (Lipinski definition) is 14. The maximum atomic E-state index is 12.6. The van der Waals surface area contributed by atoms with E-state index in [-0.39, 0.29) is 94.6 Å². The van der Waals surface area contributed by atoms with Crippen molar-refractivity contribution in [1.82, 2.24) is 31.1 Å². The van der Waals surface area contributed by atoms with E-state index in [2.05, 4.69) is 21.3 Å². The molecule has 25 nitrogen and oxygen atoms in total. The van der Waals surface area contributed by atoms with Crippen LogP contribution in [0.4, 0.5) is 18.0 Å². The van der Waals surface area contributed by atoms with Gasteiger partial charge in [0.25, 0.3) is 0 Å². The Labute approximate surface area is 421 Å². The molecule has 0 radical (unpaired) electrons. The Morgan fingerprint density at radius 1 is 0.514 bits per heavy atom. The number of phenolic OH excluding ortho intramolecular Hbond substituents is 2. The molecule has 0 aliphatic carbocycles. The lowest BCUT2D eigenvalue weighted by Crippen LogP contribution is -2.51. The lowest BCUT2D eigenvalue weighted by atomic mass is 10.0. The maximum Gasteiger partial charge on any atom is 0.490 e. The zero-order valence-corrected chi connectivity index (χ0v) is 40.1. The van der Waals surface area contributed by atoms with Crippen molar-refractivity contribution in [2.75, 3.05) is 39.3 Å². The zero-order chi connectivity index (χ0) is 56.0. The van der Waals surface area contributed by atoms with E-state index in [1.165, 1.54) is 21.9 Å². The predicted octanol–water partition coefficient (Wildman–Crippen LogP) is 2.19. The molecule has 2 aromatic rings. The van der Waals surface area contributed by atoms with Crippen LogP contribution in [0.15, 0.2) is 36.4 Å². The Morgan fingerprint density at radius 3 is 1.35 bits per heavy atom. The topological polar surface area (TPSA) is 407 Å². The standard InChI is InChI=1S/C44H62N6O17.C2HF3O2/c51-34-13-8-28(22-30(34)24-49(26-40(59)60)20-21-50(27-41(61)62)25-31-23-29(9-14-35(31)52)11-16-38(55)56)10-15-37(54)46-18-4-1-2-7-36(53)45-19-5-3-6-32(42(63)64)47-44(67)48-33(43(65)66)12-17-39(57)58;3-2(4,5)1(6)7/h8-9,13-14,22-23,32-33,51-52H,1-7,10-12,15-21,24-27H2,(H,45,53)(H,46,54)(H,55,56)(H,57,58)(H,59,60)(H,61,62)(H,63,64)(H,65,66)(H2,47,48,67);(H,6,7)/t32-,33+;/m1./s1. The Balaban J connectivity index is 0.00000363. The highest BCUT2D eigenvalue weighted by Gasteiger charge is 2.38. The van der Waals surface area contributed by atoms with Gasteiger partial charge in [0.1, 0.15) is 23.6 Å². The summed E-state index contributed by atoms with van der Waals surface area (Å²) in [5.41, 5.74) is 2.12. The third-order valence-electron chi connectivity index (χ3n) is 10.5. The number of aromatic hydroxyl groups is 2. The quantitative estimate of drug-likeness (QED) is 0.0440. The molecular weight excluding hydrogens is 998 g/mol. The number of rotatable bonds is 35. The van der Waals surface area contributed by atoms with Gasteiger partial charge >= 0.3 is 54.0 Å². The molecule has 2 rings (SSSR count). The van der Waals surface area contributed by atoms with Crippen LogP contribution in [0, 0.1) is 0 Å². The number of hydrogen-bond donors (Lipinski definition) is 13. The molecule has 412 valence electrons. The van der Waals surface area contributed by atoms with E-state index in [9.17, 15) is 81.9 Å². The summed E-state index contributed by atoms with van der Waals surface area (Å²) in [7, 11) is 0. The number of unbranched alkanes of at least 4 members (excludes halogenated alkanes) is 3. The number of aryl methyl sites for hydroxylation is 2. The van der Waals surface area contributed by atoms with Crippen molar-refractivity contribution in [3.05, 3.63) is 58.7 Å². The third kappa shape index (κ3) is 29.6. The van der Waals surface area contributed by atoms with E-state index in [0.717, 1.165) is 0 Å². The summed E-state index contributed by atoms with van der Waals surface area (Å²) in [5.74, 6) is -10.8. The number of nitrogens with one attached hydrogen (secondary N) is 4. The molecule has 0 aliphatic heterocycles. The number of carbonyl (C=O) groups is 10. The van der Waals surface area contributed by atoms with Crippen LogP contribution in [0.3, 0.4) is 0 Å². The smallest absolute Gasteiger partial charge is 0.490 e. The van der Waals surface area contributed by atoms with Gasteiger partial charge in [-0.25, -0.2) is 19.2 Å². The van der Waals surface area contributed by atoms with Gasteiger partial charge < -0.3 is 67.2 Å². The number of urea groups is 1. The first-order valence-corrected chi connectivity index (χ1v) is 23.0. The largest absolute Gasteiger partial charge is 0.508 e. The molecule has 0 unspecified atom stereocenters. The number of carbonyl (C=O) groups excluding carboxylic acids is 3. The third-order valence-corrected chi connectivity index (χ3v) is 10.5. The van der Waals surface area contributed by atoms with Gasteiger partial charge in [0, 0.05) is 76.1 Å². The van der Waals surface area contributed by atoms with Crippen molar-refractivity contribution in [2.24, 2.45) is 0 Å². The van der Waals surface area contributed by atoms with Crippen LogP contribution in [0.25, 0.3) is 0 Å². The van der Waals surface area contributed by atoms with E-state index in [4.69, 9.17) is 25.2 Å². The normalized spacial score (nSPS) is 11.9. The second-order valence-electron chi connectivity index (χ2n) is 16.7. The molecular formula is C46H63F3N6O19. The van der Waals surface area contributed by atoms with Crippen molar-refractivity contribution in [3.63, 3.8) is 0 Å². The van der Waals surface area contributed by atoms with Gasteiger partial charge in [0.15, 0.2) is 0 Å². The van der Waals surface area contributed by atoms with E-state index < -0.39 is 85.6 Å². The van der Waals surface area contributed by atoms with Gasteiger partial charge in [-0.2, -0.15) is 13.2 Å². The number of phenols is 2. The summed E-state index contributed by atoms with van der Waals surface area (Å²) < 4.78 is 31.7. The molecule has 13 N–H and O–H groups in total. The molecule has 0 aromatic heterocycles. The van der Waals surface area contributed by atoms with Gasteiger partial charge in [-0.3, -0.25) is 38.6 Å². The highest BCUT2D eigenvalue weighted by atomic mass is 19.4. The van der Waals surface area contributed by atoms with Gasteiger partial charge in [-0.1, -0.05) is 30.7 Å². The molecule has 0 spiro atoms. The van der Waals surface area contributed by atoms with Gasteiger partial charge in [0.2, 0.25) is 11.8 Å². The van der Waals surface area contributed by atoms with Gasteiger partial charge in [-0.15, -0.1) is 0 Å². The summed E-state index contributed by atoms with van der Waals surface area (Å²) in [6.07, 6.45) is -2.75. The molecule has 4 amide bonds. The fourth-order valence-electron chi connectivity index (χ4n) is 6.76. The first-order valence-electron chi connectivity index (χ1n) is 23.0.